The van der Waals surface area contributed by atoms with E-state index >= 15 is 0 Å². The highest BCUT2D eigenvalue weighted by Crippen LogP contribution is 2.34. The van der Waals surface area contributed by atoms with E-state index in [-0.39, 0.29) is 78.5 Å². The second-order valence-electron chi connectivity index (χ2n) is 38.0. The third-order valence-electron chi connectivity index (χ3n) is 23.8. The Morgan fingerprint density at radius 2 is 0.405 bits per heavy atom. The predicted molar refractivity (Wildman–Crippen MR) is 604 cm³/mol. The quantitative estimate of drug-likeness (QED) is 0.0162. The maximum atomic E-state index is 13.5. The molecule has 16 aromatic rings. The van der Waals surface area contributed by atoms with Crippen LogP contribution in [0.1, 0.15) is 157 Å². The van der Waals surface area contributed by atoms with Gasteiger partial charge in [0.05, 0.1) is 22.2 Å². The number of amides is 12. The number of carbonyl (C=O) groups excluding carboxylic acids is 12. The number of para-hydroxylation sites is 3. The Morgan fingerprint density at radius 1 is 0.236 bits per heavy atom. The molecular formula is C112H139N19O12S5. The third kappa shape index (κ3) is 31.8. The molecule has 0 bridgehead atoms. The van der Waals surface area contributed by atoms with Crippen LogP contribution in [0.5, 0.6) is 0 Å². The van der Waals surface area contributed by atoms with Crippen LogP contribution in [0.25, 0.3) is 83.1 Å². The number of hydrogen-bond acceptors (Lipinski definition) is 21. The van der Waals surface area contributed by atoms with Gasteiger partial charge in [-0.3, -0.25) is 57.5 Å². The monoisotopic (exact) mass is 2100 g/mol. The lowest BCUT2D eigenvalue weighted by atomic mass is 10.0. The first-order valence-electron chi connectivity index (χ1n) is 47.1. The summed E-state index contributed by atoms with van der Waals surface area (Å²) in [5.74, 6) is -4.40. The molecule has 0 saturated carbocycles. The van der Waals surface area contributed by atoms with Crippen LogP contribution in [0.15, 0.2) is 240 Å². The number of nitrogens with two attached hydrogens (primary N) is 4. The largest absolute Gasteiger partial charge is 0.361 e. The Labute approximate surface area is 883 Å². The Kier molecular flexibility index (Phi) is 41.4. The summed E-state index contributed by atoms with van der Waals surface area (Å²) in [6.07, 6.45) is 5.67. The van der Waals surface area contributed by atoms with E-state index in [0.29, 0.717) is 32.1 Å². The van der Waals surface area contributed by atoms with Crippen molar-refractivity contribution in [3.05, 3.63) is 284 Å². The minimum atomic E-state index is -1.16. The van der Waals surface area contributed by atoms with Crippen molar-refractivity contribution < 1.29 is 57.5 Å². The molecule has 0 saturated heterocycles. The lowest BCUT2D eigenvalue weighted by Gasteiger charge is -2.26. The number of fused-ring (bicyclic) bond motifs is 8. The van der Waals surface area contributed by atoms with E-state index in [1.165, 1.54) is 27.7 Å². The van der Waals surface area contributed by atoms with Crippen molar-refractivity contribution in [3.8, 4) is 0 Å². The van der Waals surface area contributed by atoms with Gasteiger partial charge in [-0.05, 0) is 202 Å². The van der Waals surface area contributed by atoms with E-state index in [1.54, 1.807) is 112 Å². The number of nitrogens with one attached hydrogen (secondary N) is 15. The van der Waals surface area contributed by atoms with E-state index < -0.39 is 112 Å². The topological polar surface area (TPSA) is 501 Å². The summed E-state index contributed by atoms with van der Waals surface area (Å²) in [7, 11) is 0. The van der Waals surface area contributed by atoms with Crippen LogP contribution in [0, 0.1) is 0 Å². The number of aromatic nitrogens is 3. The smallest absolute Gasteiger partial charge is 0.244 e. The number of hydrogen-bond donors (Lipinski definition) is 19. The van der Waals surface area contributed by atoms with Crippen molar-refractivity contribution in [2.45, 2.75) is 235 Å². The molecule has 0 radical (unpaired) electrons. The van der Waals surface area contributed by atoms with Crippen molar-refractivity contribution >= 4 is 211 Å². The first-order chi connectivity index (χ1) is 68.5. The summed E-state index contributed by atoms with van der Waals surface area (Å²) in [6.45, 7) is 18.4. The molecule has 784 valence electrons. The minimum absolute atomic E-state index is 0. The first-order valence-corrected chi connectivity index (χ1v) is 51.5. The summed E-state index contributed by atoms with van der Waals surface area (Å²) in [6, 6.07) is 59.8. The van der Waals surface area contributed by atoms with Gasteiger partial charge in [0.2, 0.25) is 70.9 Å². The lowest BCUT2D eigenvalue weighted by molar-refractivity contribution is -0.132. The zero-order valence-electron chi connectivity index (χ0n) is 82.1. The molecule has 0 aliphatic rings. The highest BCUT2D eigenvalue weighted by Gasteiger charge is 2.37. The zero-order chi connectivity index (χ0) is 103. The van der Waals surface area contributed by atoms with Gasteiger partial charge < -0.3 is 102 Å². The van der Waals surface area contributed by atoms with E-state index in [1.807, 2.05) is 240 Å². The predicted octanol–water partition coefficient (Wildman–Crippen LogP) is 15.2. The van der Waals surface area contributed by atoms with Crippen molar-refractivity contribution in [3.63, 3.8) is 0 Å². The first kappa shape index (κ1) is 117. The Bertz CT molecular complexity index is 6460. The summed E-state index contributed by atoms with van der Waals surface area (Å²) in [5, 5.41) is 52.7. The van der Waals surface area contributed by atoms with Crippen LogP contribution in [0.4, 0.5) is 0 Å². The third-order valence-corrected chi connectivity index (χ3v) is 28.9. The van der Waals surface area contributed by atoms with Gasteiger partial charge in [-0.25, -0.2) is 0 Å². The molecule has 23 N–H and O–H groups in total. The SMILES string of the molecule is C.C.C.C.CC(=O)N[C@@H](Cc1c[nH]c2ccccc12)NC(=O)[C@@H](Cc1csc2ccccc12)NC(=O)C(C)(C)N.CC(=O)N[C@@H](Cc1csc2ccccc12)NC(=O)[C@@H](Cc1c[nH]c2ccccc12)NC(=O)C(C)(C)N.CC(=O)N[C@@H](Cc1csc2ccccc12)NC(=O)[C@@H](Cc1csc2ccccc12)NC(=O)C(C)(C)N.CC(=O)N[C@H](Cc1c[nH]c2ccccc12)NC(=O)[C@@H](Cc1csc2ccccc12)NC(=O)C(C)(C)N. The Hall–Kier alpha value is -14.3. The Balaban J connectivity index is 0.000000217. The van der Waals surface area contributed by atoms with Crippen LogP contribution in [0.3, 0.4) is 0 Å². The van der Waals surface area contributed by atoms with Gasteiger partial charge in [0.1, 0.15) is 48.8 Å². The van der Waals surface area contributed by atoms with Gasteiger partial charge in [0.15, 0.2) is 0 Å². The number of rotatable bonds is 36. The van der Waals surface area contributed by atoms with Crippen LogP contribution in [-0.4, -0.2) is 157 Å². The van der Waals surface area contributed by atoms with E-state index in [9.17, 15) is 57.5 Å². The fourth-order valence-corrected chi connectivity index (χ4v) is 21.3. The van der Waals surface area contributed by atoms with Gasteiger partial charge >= 0.3 is 0 Å². The highest BCUT2D eigenvalue weighted by molar-refractivity contribution is 7.18. The van der Waals surface area contributed by atoms with Gasteiger partial charge in [-0.2, -0.15) is 0 Å². The van der Waals surface area contributed by atoms with Gasteiger partial charge in [-0.1, -0.05) is 175 Å². The average molecular weight is 2100 g/mol. The molecule has 0 spiro atoms. The second kappa shape index (κ2) is 52.3. The van der Waals surface area contributed by atoms with E-state index in [4.69, 9.17) is 22.9 Å². The summed E-state index contributed by atoms with van der Waals surface area (Å²) in [5.41, 5.74) is 30.0. The van der Waals surface area contributed by atoms with Crippen molar-refractivity contribution in [2.75, 3.05) is 0 Å². The molecule has 8 aromatic heterocycles. The molecule has 36 heteroatoms. The minimum Gasteiger partial charge on any atom is -0.361 e. The van der Waals surface area contributed by atoms with Crippen molar-refractivity contribution in [1.82, 2.24) is 78.8 Å². The summed E-state index contributed by atoms with van der Waals surface area (Å²) < 4.78 is 5.59. The molecule has 8 aromatic carbocycles. The van der Waals surface area contributed by atoms with Gasteiger partial charge in [0.25, 0.3) is 0 Å². The number of thiophene rings is 5. The number of H-pyrrole nitrogens is 3. The van der Waals surface area contributed by atoms with Crippen LogP contribution in [0.2, 0.25) is 0 Å². The molecule has 12 amide bonds. The standard InChI is InChI=1S/3C27H31N5O3S.C27H30N4O3S2.4CH4/c2*1-16(33)30-24(13-17-14-29-21-10-6-4-8-19(17)21)32-25(34)22(31-26(35)27(2,3)28)12-18-15-36-23-11-7-5-9-20(18)23;1-16(33)30-24(13-18-15-36-23-11-7-5-9-20(18)23)32-25(34)22(31-26(35)27(2,3)28)12-17-14-29-21-10-6-4-8-19(17)21;1-16(32)29-24(13-18-15-36-23-11-7-5-9-20(18)23)31-25(33)21(30-26(34)27(2,3)28)12-17-14-35-22-10-6-4-8-19(17)22;;;;/h3*4-11,14-15,22,24,29H,12-13,28H2,1-3H3,(H,30,33)(H,31,35)(H,32,34);4-11,14-15,21,24H,12-13,28H2,1-3H3,(H,29,32)(H,30,34)(H,31,33);4*1H4/t22-,24+;2*22-,24-;21-,24-;;;;/m1111..../s1. The van der Waals surface area contributed by atoms with Crippen molar-refractivity contribution in [1.29, 1.82) is 0 Å². The maximum absolute atomic E-state index is 13.5. The summed E-state index contributed by atoms with van der Waals surface area (Å²) in [4.78, 5) is 163. The van der Waals surface area contributed by atoms with Crippen molar-refractivity contribution in [2.24, 2.45) is 22.9 Å². The lowest BCUT2D eigenvalue weighted by Crippen LogP contribution is -2.59. The van der Waals surface area contributed by atoms with Crippen LogP contribution < -0.4 is 86.7 Å². The molecule has 8 heterocycles. The molecule has 0 aliphatic heterocycles. The molecule has 16 rings (SSSR count). The average Bonchev–Trinajstić information content (AvgIpc) is 1.59. The molecule has 0 fully saturated rings. The number of benzene rings is 8. The van der Waals surface area contributed by atoms with Gasteiger partial charge in [-0.15, -0.1) is 56.7 Å². The maximum Gasteiger partial charge on any atom is 0.244 e. The molecule has 0 aliphatic carbocycles. The molecular weight excluding hydrogens is 1960 g/mol. The number of aromatic amines is 3. The number of carbonyl (C=O) groups is 12. The van der Waals surface area contributed by atoms with Gasteiger partial charge in [0, 0.05) is 154 Å². The summed E-state index contributed by atoms with van der Waals surface area (Å²) >= 11 is 8.01. The second-order valence-corrected chi connectivity index (χ2v) is 42.6. The van der Waals surface area contributed by atoms with Crippen LogP contribution in [-0.2, 0) is 109 Å². The van der Waals surface area contributed by atoms with E-state index in [0.717, 1.165) is 128 Å². The molecule has 0 unspecified atom stereocenters. The fourth-order valence-electron chi connectivity index (χ4n) is 16.5. The Morgan fingerprint density at radius 3 is 0.608 bits per heavy atom. The highest BCUT2D eigenvalue weighted by atomic mass is 32.1. The zero-order valence-corrected chi connectivity index (χ0v) is 86.2. The molecule has 8 atom stereocenters. The molecule has 148 heavy (non-hydrogen) atoms. The van der Waals surface area contributed by atoms with E-state index in [2.05, 4.69) is 78.8 Å². The van der Waals surface area contributed by atoms with Crippen LogP contribution >= 0.6 is 56.7 Å². The molecule has 31 nitrogen and oxygen atoms in total. The normalized spacial score (nSPS) is 13.0. The fraction of sp³-hybridized carbons (Fsp3) is 0.321.